The van der Waals surface area contributed by atoms with Gasteiger partial charge in [-0.05, 0) is 74.2 Å². The molecule has 0 bridgehead atoms. The summed E-state index contributed by atoms with van der Waals surface area (Å²) in [6.45, 7) is 1.67. The molecule has 0 amide bonds. The topological polar surface area (TPSA) is 77.8 Å². The highest BCUT2D eigenvalue weighted by molar-refractivity contribution is 6.05. The van der Waals surface area contributed by atoms with Crippen LogP contribution in [0, 0.1) is 6.92 Å². The number of halogens is 3. The minimum Gasteiger partial charge on any atom is -0.508 e. The van der Waals surface area contributed by atoms with E-state index in [0.717, 1.165) is 31.4 Å². The first-order valence-corrected chi connectivity index (χ1v) is 10.1. The van der Waals surface area contributed by atoms with Crippen LogP contribution in [-0.2, 0) is 16.0 Å². The molecule has 3 aromatic rings. The van der Waals surface area contributed by atoms with Crippen molar-refractivity contribution in [1.29, 1.82) is 0 Å². The van der Waals surface area contributed by atoms with Crippen molar-refractivity contribution in [3.05, 3.63) is 59.3 Å². The molecule has 1 aliphatic carbocycles. The average Bonchev–Trinajstić information content (AvgIpc) is 2.95. The Kier molecular flexibility index (Phi) is 5.58. The van der Waals surface area contributed by atoms with E-state index in [1.807, 2.05) is 0 Å². The standard InChI is InChI=1S/C23H20F3NO5/c1-13-18(12-21(29)31-16-3-2-4-16)19-11-15(28)7-10-20(19)27(13)22(30)14-5-8-17(9-6-14)32-23(24,25)26/h5-11,16,28H,2-4,12H2,1H3. The summed E-state index contributed by atoms with van der Waals surface area (Å²) in [4.78, 5) is 25.6. The van der Waals surface area contributed by atoms with Crippen molar-refractivity contribution in [2.45, 2.75) is 45.1 Å². The summed E-state index contributed by atoms with van der Waals surface area (Å²) in [5.74, 6) is -1.37. The van der Waals surface area contributed by atoms with Crippen LogP contribution in [-0.4, -0.2) is 34.0 Å². The van der Waals surface area contributed by atoms with Gasteiger partial charge in [-0.2, -0.15) is 0 Å². The number of alkyl halides is 3. The van der Waals surface area contributed by atoms with Crippen LogP contribution in [0.5, 0.6) is 11.5 Å². The van der Waals surface area contributed by atoms with Crippen LogP contribution in [0.4, 0.5) is 13.2 Å². The lowest BCUT2D eigenvalue weighted by molar-refractivity contribution is -0.274. The number of rotatable bonds is 5. The van der Waals surface area contributed by atoms with Gasteiger partial charge in [0.1, 0.15) is 17.6 Å². The van der Waals surface area contributed by atoms with Crippen LogP contribution in [0.25, 0.3) is 10.9 Å². The maximum absolute atomic E-state index is 13.2. The van der Waals surface area contributed by atoms with E-state index < -0.39 is 24.0 Å². The van der Waals surface area contributed by atoms with Crippen molar-refractivity contribution in [1.82, 2.24) is 4.57 Å². The molecule has 1 aliphatic rings. The monoisotopic (exact) mass is 447 g/mol. The van der Waals surface area contributed by atoms with E-state index in [1.54, 1.807) is 13.0 Å². The van der Waals surface area contributed by atoms with Gasteiger partial charge in [-0.1, -0.05) is 0 Å². The number of aromatic hydroxyl groups is 1. The summed E-state index contributed by atoms with van der Waals surface area (Å²) in [5, 5.41) is 10.5. The third-order valence-electron chi connectivity index (χ3n) is 5.53. The Balaban J connectivity index is 1.68. The van der Waals surface area contributed by atoms with Gasteiger partial charge in [-0.25, -0.2) is 0 Å². The largest absolute Gasteiger partial charge is 0.573 e. The highest BCUT2D eigenvalue weighted by Crippen LogP contribution is 2.32. The van der Waals surface area contributed by atoms with Crippen LogP contribution >= 0.6 is 0 Å². The van der Waals surface area contributed by atoms with Gasteiger partial charge in [0, 0.05) is 16.6 Å². The summed E-state index contributed by atoms with van der Waals surface area (Å²) in [6, 6.07) is 9.03. The SMILES string of the molecule is Cc1c(CC(=O)OC2CCC2)c2cc(O)ccc2n1C(=O)c1ccc(OC(F)(F)F)cc1. The molecule has 1 fully saturated rings. The van der Waals surface area contributed by atoms with Crippen molar-refractivity contribution >= 4 is 22.8 Å². The number of hydrogen-bond donors (Lipinski definition) is 1. The number of carbonyl (C=O) groups is 2. The molecule has 6 nitrogen and oxygen atoms in total. The molecular formula is C23H20F3NO5. The zero-order valence-corrected chi connectivity index (χ0v) is 17.1. The molecule has 0 radical (unpaired) electrons. The summed E-state index contributed by atoms with van der Waals surface area (Å²) in [7, 11) is 0. The van der Waals surface area contributed by atoms with Gasteiger partial charge in [0.25, 0.3) is 5.91 Å². The highest BCUT2D eigenvalue weighted by atomic mass is 19.4. The lowest BCUT2D eigenvalue weighted by atomic mass is 9.96. The third kappa shape index (κ3) is 4.42. The molecule has 2 aromatic carbocycles. The van der Waals surface area contributed by atoms with E-state index in [0.29, 0.717) is 22.2 Å². The number of esters is 1. The fourth-order valence-electron chi connectivity index (χ4n) is 3.74. The second-order valence-electron chi connectivity index (χ2n) is 7.70. The number of nitrogens with zero attached hydrogens (tertiary/aromatic N) is 1. The number of ether oxygens (including phenoxy) is 2. The van der Waals surface area contributed by atoms with Gasteiger partial charge < -0.3 is 14.6 Å². The Morgan fingerprint density at radius 2 is 1.81 bits per heavy atom. The first-order chi connectivity index (χ1) is 15.1. The smallest absolute Gasteiger partial charge is 0.508 e. The van der Waals surface area contributed by atoms with E-state index in [9.17, 15) is 27.9 Å². The van der Waals surface area contributed by atoms with Gasteiger partial charge in [0.05, 0.1) is 11.9 Å². The molecule has 0 spiro atoms. The lowest BCUT2D eigenvalue weighted by Gasteiger charge is -2.25. The second-order valence-corrected chi connectivity index (χ2v) is 7.70. The van der Waals surface area contributed by atoms with Crippen LogP contribution in [0.1, 0.15) is 40.9 Å². The minimum absolute atomic E-state index is 0.0237. The maximum atomic E-state index is 13.2. The number of carbonyl (C=O) groups excluding carboxylic acids is 2. The molecule has 168 valence electrons. The Bertz CT molecular complexity index is 1180. The third-order valence-corrected chi connectivity index (χ3v) is 5.53. The Morgan fingerprint density at radius 1 is 1.12 bits per heavy atom. The quantitative estimate of drug-likeness (QED) is 0.564. The van der Waals surface area contributed by atoms with Crippen molar-refractivity contribution in [2.75, 3.05) is 0 Å². The van der Waals surface area contributed by atoms with Crippen LogP contribution in [0.15, 0.2) is 42.5 Å². The first kappa shape index (κ1) is 21.7. The zero-order valence-electron chi connectivity index (χ0n) is 17.1. The highest BCUT2D eigenvalue weighted by Gasteiger charge is 2.31. The number of phenolic OH excluding ortho intramolecular Hbond substituents is 1. The normalized spacial score (nSPS) is 14.2. The number of phenols is 1. The Hall–Kier alpha value is -3.49. The summed E-state index contributed by atoms with van der Waals surface area (Å²) in [5.41, 5.74) is 1.63. The molecule has 0 aliphatic heterocycles. The lowest BCUT2D eigenvalue weighted by Crippen LogP contribution is -2.26. The summed E-state index contributed by atoms with van der Waals surface area (Å²) < 4.78 is 47.8. The summed E-state index contributed by atoms with van der Waals surface area (Å²) >= 11 is 0. The van der Waals surface area contributed by atoms with E-state index >= 15 is 0 Å². The fraction of sp³-hybridized carbons (Fsp3) is 0.304. The van der Waals surface area contributed by atoms with Crippen LogP contribution < -0.4 is 4.74 Å². The molecule has 1 heterocycles. The zero-order chi connectivity index (χ0) is 23.0. The average molecular weight is 447 g/mol. The number of hydrogen-bond acceptors (Lipinski definition) is 5. The molecule has 1 N–H and O–H groups in total. The molecule has 9 heteroatoms. The van der Waals surface area contributed by atoms with E-state index in [-0.39, 0.29) is 23.8 Å². The number of aromatic nitrogens is 1. The van der Waals surface area contributed by atoms with Gasteiger partial charge in [0.2, 0.25) is 0 Å². The van der Waals surface area contributed by atoms with Crippen molar-refractivity contribution in [3.63, 3.8) is 0 Å². The Labute approximate surface area is 181 Å². The summed E-state index contributed by atoms with van der Waals surface area (Å²) in [6.07, 6.45) is -2.29. The van der Waals surface area contributed by atoms with Crippen molar-refractivity contribution in [3.8, 4) is 11.5 Å². The molecule has 0 unspecified atom stereocenters. The van der Waals surface area contributed by atoms with E-state index in [1.165, 1.54) is 28.8 Å². The molecule has 1 aromatic heterocycles. The molecule has 0 atom stereocenters. The van der Waals surface area contributed by atoms with Gasteiger partial charge in [-0.3, -0.25) is 14.2 Å². The molecule has 1 saturated carbocycles. The minimum atomic E-state index is -4.83. The molecule has 0 saturated heterocycles. The predicted molar refractivity (Wildman–Crippen MR) is 109 cm³/mol. The van der Waals surface area contributed by atoms with Gasteiger partial charge >= 0.3 is 12.3 Å². The Morgan fingerprint density at radius 3 is 2.41 bits per heavy atom. The van der Waals surface area contributed by atoms with Crippen molar-refractivity contribution in [2.24, 2.45) is 0 Å². The maximum Gasteiger partial charge on any atom is 0.573 e. The van der Waals surface area contributed by atoms with Gasteiger partial charge in [0.15, 0.2) is 0 Å². The van der Waals surface area contributed by atoms with Gasteiger partial charge in [-0.15, -0.1) is 13.2 Å². The molecule has 4 rings (SSSR count). The van der Waals surface area contributed by atoms with E-state index in [4.69, 9.17) is 4.74 Å². The first-order valence-electron chi connectivity index (χ1n) is 10.1. The van der Waals surface area contributed by atoms with Crippen LogP contribution in [0.3, 0.4) is 0 Å². The number of benzene rings is 2. The fourth-order valence-corrected chi connectivity index (χ4v) is 3.74. The van der Waals surface area contributed by atoms with Crippen molar-refractivity contribution < 1.29 is 37.3 Å². The second kappa shape index (κ2) is 8.22. The van der Waals surface area contributed by atoms with Crippen LogP contribution in [0.2, 0.25) is 0 Å². The predicted octanol–water partition coefficient (Wildman–Crippen LogP) is 4.88. The molecular weight excluding hydrogens is 427 g/mol. The number of fused-ring (bicyclic) bond motifs is 1. The van der Waals surface area contributed by atoms with E-state index in [2.05, 4.69) is 4.74 Å². The molecule has 32 heavy (non-hydrogen) atoms.